The highest BCUT2D eigenvalue weighted by Gasteiger charge is 2.06. The van der Waals surface area contributed by atoms with Crippen LogP contribution in [-0.4, -0.2) is 36.9 Å². The standard InChI is InChI=1S/C31H64N2O.C18H38/c1-4-5-6-7-8-9-13-18-24-31(34)25-19-14-11-16-21-28-33(29-22-26-32)27-20-15-10-12-17-23-30(2)3;1-4-6-8-10-12-14-16-18(3)17-15-13-11-9-7-5-2/h30H,4-29,32H2,1-3H3;18H,4-17H2,1-3H3. The summed E-state index contributed by atoms with van der Waals surface area (Å²) in [4.78, 5) is 14.7. The van der Waals surface area contributed by atoms with Crippen molar-refractivity contribution >= 4 is 5.78 Å². The molecule has 0 rings (SSSR count). The van der Waals surface area contributed by atoms with Gasteiger partial charge in [-0.3, -0.25) is 4.79 Å². The number of unbranched alkanes of at least 4 members (excludes halogenated alkanes) is 25. The number of hydrogen-bond acceptors (Lipinski definition) is 3. The number of ketones is 1. The fourth-order valence-corrected chi connectivity index (χ4v) is 7.53. The highest BCUT2D eigenvalue weighted by molar-refractivity contribution is 5.78. The minimum Gasteiger partial charge on any atom is -0.330 e. The Balaban J connectivity index is 0. The first-order chi connectivity index (χ1) is 25.4. The van der Waals surface area contributed by atoms with Gasteiger partial charge in [0.1, 0.15) is 5.78 Å². The topological polar surface area (TPSA) is 46.3 Å². The lowest BCUT2D eigenvalue weighted by Crippen LogP contribution is -2.28. The second-order valence-electron chi connectivity index (χ2n) is 17.4. The van der Waals surface area contributed by atoms with E-state index < -0.39 is 0 Å². The van der Waals surface area contributed by atoms with Crippen LogP contribution < -0.4 is 5.73 Å². The van der Waals surface area contributed by atoms with Crippen molar-refractivity contribution in [3.05, 3.63) is 0 Å². The van der Waals surface area contributed by atoms with Gasteiger partial charge in [-0.1, -0.05) is 228 Å². The van der Waals surface area contributed by atoms with Crippen molar-refractivity contribution in [1.82, 2.24) is 4.90 Å². The molecular weight excluding hydrogens is 633 g/mol. The van der Waals surface area contributed by atoms with Crippen LogP contribution in [0.2, 0.25) is 0 Å². The third-order valence-corrected chi connectivity index (χ3v) is 11.3. The molecule has 0 aromatic carbocycles. The Hall–Kier alpha value is -0.410. The van der Waals surface area contributed by atoms with E-state index in [0.29, 0.717) is 5.78 Å². The third-order valence-electron chi connectivity index (χ3n) is 11.3. The van der Waals surface area contributed by atoms with Gasteiger partial charge in [0.25, 0.3) is 0 Å². The zero-order chi connectivity index (χ0) is 38.6. The van der Waals surface area contributed by atoms with Crippen LogP contribution in [0.25, 0.3) is 0 Å². The Bertz CT molecular complexity index is 633. The highest BCUT2D eigenvalue weighted by Crippen LogP contribution is 2.19. The molecule has 52 heavy (non-hydrogen) atoms. The van der Waals surface area contributed by atoms with Gasteiger partial charge in [-0.25, -0.2) is 0 Å². The van der Waals surface area contributed by atoms with Crippen LogP contribution in [-0.2, 0) is 4.79 Å². The van der Waals surface area contributed by atoms with Crippen molar-refractivity contribution in [2.24, 2.45) is 17.6 Å². The first kappa shape index (κ1) is 53.7. The fourth-order valence-electron chi connectivity index (χ4n) is 7.53. The summed E-state index contributed by atoms with van der Waals surface area (Å²) < 4.78 is 0. The van der Waals surface area contributed by atoms with Crippen molar-refractivity contribution in [2.75, 3.05) is 26.2 Å². The van der Waals surface area contributed by atoms with Gasteiger partial charge in [-0.2, -0.15) is 0 Å². The van der Waals surface area contributed by atoms with Crippen LogP contribution in [0.5, 0.6) is 0 Å². The Labute approximate surface area is 331 Å². The summed E-state index contributed by atoms with van der Waals surface area (Å²) in [5.74, 6) is 2.33. The molecule has 3 heteroatoms. The van der Waals surface area contributed by atoms with Crippen LogP contribution in [0.4, 0.5) is 0 Å². The summed E-state index contributed by atoms with van der Waals surface area (Å²) in [5.41, 5.74) is 5.76. The number of hydrogen-bond donors (Lipinski definition) is 1. The molecule has 0 saturated carbocycles. The molecule has 2 N–H and O–H groups in total. The summed E-state index contributed by atoms with van der Waals surface area (Å²) in [6.07, 6.45) is 48.1. The Morgan fingerprint density at radius 1 is 0.404 bits per heavy atom. The lowest BCUT2D eigenvalue weighted by molar-refractivity contribution is -0.119. The van der Waals surface area contributed by atoms with E-state index >= 15 is 0 Å². The molecule has 0 bridgehead atoms. The van der Waals surface area contributed by atoms with Crippen molar-refractivity contribution in [1.29, 1.82) is 0 Å². The molecule has 0 fully saturated rings. The van der Waals surface area contributed by atoms with Crippen LogP contribution in [0.3, 0.4) is 0 Å². The van der Waals surface area contributed by atoms with Crippen LogP contribution >= 0.6 is 0 Å². The molecule has 0 atom stereocenters. The predicted molar refractivity (Wildman–Crippen MR) is 238 cm³/mol. The molecule has 0 aliphatic carbocycles. The van der Waals surface area contributed by atoms with E-state index in [2.05, 4.69) is 46.4 Å². The van der Waals surface area contributed by atoms with Gasteiger partial charge in [0.15, 0.2) is 0 Å². The Kier molecular flexibility index (Phi) is 48.3. The van der Waals surface area contributed by atoms with E-state index in [1.54, 1.807) is 0 Å². The lowest BCUT2D eigenvalue weighted by atomic mass is 9.96. The smallest absolute Gasteiger partial charge is 0.132 e. The van der Waals surface area contributed by atoms with E-state index in [4.69, 9.17) is 5.73 Å². The summed E-state index contributed by atoms with van der Waals surface area (Å²) in [6, 6.07) is 0. The first-order valence-electron chi connectivity index (χ1n) is 24.3. The second-order valence-corrected chi connectivity index (χ2v) is 17.4. The van der Waals surface area contributed by atoms with E-state index in [1.165, 1.54) is 212 Å². The molecule has 0 unspecified atom stereocenters. The maximum atomic E-state index is 12.1. The van der Waals surface area contributed by atoms with Crippen molar-refractivity contribution < 1.29 is 4.79 Å². The number of Topliss-reactive ketones (excluding diaryl/α,β-unsaturated/α-hetero) is 1. The first-order valence-corrected chi connectivity index (χ1v) is 24.3. The number of carbonyl (C=O) groups is 1. The van der Waals surface area contributed by atoms with Gasteiger partial charge in [0.2, 0.25) is 0 Å². The molecule has 0 spiro atoms. The second kappa shape index (κ2) is 46.7. The Morgan fingerprint density at radius 2 is 0.712 bits per heavy atom. The normalized spacial score (nSPS) is 11.6. The molecule has 0 amide bonds. The zero-order valence-corrected chi connectivity index (χ0v) is 37.4. The molecule has 0 aliphatic rings. The maximum Gasteiger partial charge on any atom is 0.132 e. The van der Waals surface area contributed by atoms with Gasteiger partial charge < -0.3 is 10.6 Å². The molecule has 0 aromatic heterocycles. The molecule has 0 saturated heterocycles. The summed E-state index contributed by atoms with van der Waals surface area (Å²) in [6.45, 7) is 18.4. The SMILES string of the molecule is CCCCCCCCC(C)CCCCCCCC.CCCCCCCCCCC(=O)CCCCCCCN(CCCN)CCCCCCCC(C)C. The highest BCUT2D eigenvalue weighted by atomic mass is 16.1. The quantitative estimate of drug-likeness (QED) is 0.0635. The van der Waals surface area contributed by atoms with Crippen molar-refractivity contribution in [3.8, 4) is 0 Å². The van der Waals surface area contributed by atoms with E-state index in [1.807, 2.05) is 0 Å². The number of nitrogens with zero attached hydrogens (tertiary/aromatic N) is 1. The Morgan fingerprint density at radius 3 is 1.08 bits per heavy atom. The number of rotatable bonds is 42. The lowest BCUT2D eigenvalue weighted by Gasteiger charge is -2.22. The molecular formula is C49H102N2O. The van der Waals surface area contributed by atoms with Crippen LogP contribution in [0, 0.1) is 11.8 Å². The minimum absolute atomic E-state index is 0.503. The largest absolute Gasteiger partial charge is 0.330 e. The van der Waals surface area contributed by atoms with Gasteiger partial charge in [0, 0.05) is 12.8 Å². The molecule has 314 valence electrons. The molecule has 3 nitrogen and oxygen atoms in total. The molecule has 0 radical (unpaired) electrons. The average molecular weight is 735 g/mol. The predicted octanol–water partition coefficient (Wildman–Crippen LogP) is 16.2. The maximum absolute atomic E-state index is 12.1. The van der Waals surface area contributed by atoms with E-state index in [9.17, 15) is 4.79 Å². The minimum atomic E-state index is 0.503. The van der Waals surface area contributed by atoms with Crippen molar-refractivity contribution in [2.45, 2.75) is 273 Å². The molecule has 0 heterocycles. The van der Waals surface area contributed by atoms with E-state index in [-0.39, 0.29) is 0 Å². The van der Waals surface area contributed by atoms with Gasteiger partial charge >= 0.3 is 0 Å². The van der Waals surface area contributed by atoms with Gasteiger partial charge in [0.05, 0.1) is 0 Å². The zero-order valence-electron chi connectivity index (χ0n) is 37.4. The summed E-state index contributed by atoms with van der Waals surface area (Å²) in [7, 11) is 0. The molecule has 0 aromatic rings. The molecule has 0 aliphatic heterocycles. The fraction of sp³-hybridized carbons (Fsp3) is 0.980. The van der Waals surface area contributed by atoms with Crippen LogP contribution in [0.15, 0.2) is 0 Å². The number of carbonyl (C=O) groups excluding carboxylic acids is 1. The average Bonchev–Trinajstić information content (AvgIpc) is 3.13. The van der Waals surface area contributed by atoms with Crippen LogP contribution in [0.1, 0.15) is 273 Å². The van der Waals surface area contributed by atoms with Gasteiger partial charge in [-0.15, -0.1) is 0 Å². The van der Waals surface area contributed by atoms with E-state index in [0.717, 1.165) is 57.0 Å². The summed E-state index contributed by atoms with van der Waals surface area (Å²) >= 11 is 0. The van der Waals surface area contributed by atoms with Gasteiger partial charge in [-0.05, 0) is 70.1 Å². The third kappa shape index (κ3) is 47.6. The van der Waals surface area contributed by atoms with Crippen molar-refractivity contribution in [3.63, 3.8) is 0 Å². The number of nitrogens with two attached hydrogens (primary N) is 1. The summed E-state index contributed by atoms with van der Waals surface area (Å²) in [5, 5.41) is 0. The monoisotopic (exact) mass is 735 g/mol.